The van der Waals surface area contributed by atoms with Crippen molar-refractivity contribution in [2.75, 3.05) is 11.9 Å². The molecular formula is C9H10ClF2N. The minimum atomic E-state index is -2.35. The molecule has 0 aliphatic heterocycles. The summed E-state index contributed by atoms with van der Waals surface area (Å²) < 4.78 is 23.7. The highest BCUT2D eigenvalue weighted by Gasteiger charge is 2.03. The first-order valence-corrected chi connectivity index (χ1v) is 4.25. The number of hydrogen-bond donors (Lipinski definition) is 1. The number of anilines is 1. The van der Waals surface area contributed by atoms with Crippen molar-refractivity contribution in [2.24, 2.45) is 0 Å². The van der Waals surface area contributed by atoms with Gasteiger partial charge in [0, 0.05) is 10.7 Å². The molecule has 0 aromatic heterocycles. The molecule has 0 fully saturated rings. The molecule has 0 saturated heterocycles. The lowest BCUT2D eigenvalue weighted by atomic mass is 10.2. The van der Waals surface area contributed by atoms with Crippen LogP contribution in [0.2, 0.25) is 5.02 Å². The average molecular weight is 206 g/mol. The van der Waals surface area contributed by atoms with Gasteiger partial charge in [-0.25, -0.2) is 8.78 Å². The van der Waals surface area contributed by atoms with Gasteiger partial charge in [0.25, 0.3) is 6.43 Å². The molecule has 1 nitrogen and oxygen atoms in total. The third-order valence-corrected chi connectivity index (χ3v) is 1.88. The van der Waals surface area contributed by atoms with Gasteiger partial charge in [0.15, 0.2) is 0 Å². The van der Waals surface area contributed by atoms with E-state index in [0.29, 0.717) is 10.7 Å². The predicted octanol–water partition coefficient (Wildman–Crippen LogP) is 3.33. The molecule has 0 spiro atoms. The first-order valence-electron chi connectivity index (χ1n) is 3.88. The standard InChI is InChI=1S/C9H10ClF2N/c1-6-2-3-7(10)4-8(6)13-5-9(11)12/h2-4,9,13H,5H2,1H3. The Bertz CT molecular complexity index is 289. The van der Waals surface area contributed by atoms with E-state index in [1.54, 1.807) is 18.2 Å². The second kappa shape index (κ2) is 4.42. The smallest absolute Gasteiger partial charge is 0.255 e. The van der Waals surface area contributed by atoms with Gasteiger partial charge in [0.1, 0.15) is 0 Å². The monoisotopic (exact) mass is 205 g/mol. The molecule has 1 N–H and O–H groups in total. The van der Waals surface area contributed by atoms with Gasteiger partial charge in [-0.2, -0.15) is 0 Å². The fraction of sp³-hybridized carbons (Fsp3) is 0.333. The third-order valence-electron chi connectivity index (χ3n) is 1.65. The van der Waals surface area contributed by atoms with Crippen molar-refractivity contribution < 1.29 is 8.78 Å². The topological polar surface area (TPSA) is 12.0 Å². The SMILES string of the molecule is Cc1ccc(Cl)cc1NCC(F)F. The number of hydrogen-bond acceptors (Lipinski definition) is 1. The summed E-state index contributed by atoms with van der Waals surface area (Å²) in [6.07, 6.45) is -2.35. The van der Waals surface area contributed by atoms with Gasteiger partial charge in [0.2, 0.25) is 0 Å². The maximum Gasteiger partial charge on any atom is 0.255 e. The zero-order valence-corrected chi connectivity index (χ0v) is 7.91. The summed E-state index contributed by atoms with van der Waals surface area (Å²) in [5.41, 5.74) is 1.57. The molecule has 0 radical (unpaired) electrons. The third kappa shape index (κ3) is 3.19. The lowest BCUT2D eigenvalue weighted by Crippen LogP contribution is -2.10. The fourth-order valence-corrected chi connectivity index (χ4v) is 1.14. The Morgan fingerprint density at radius 3 is 2.77 bits per heavy atom. The number of nitrogens with one attached hydrogen (secondary N) is 1. The van der Waals surface area contributed by atoms with Crippen molar-refractivity contribution in [3.63, 3.8) is 0 Å². The van der Waals surface area contributed by atoms with Gasteiger partial charge in [-0.15, -0.1) is 0 Å². The van der Waals surface area contributed by atoms with Crippen LogP contribution in [0, 0.1) is 6.92 Å². The van der Waals surface area contributed by atoms with E-state index in [4.69, 9.17) is 11.6 Å². The molecular weight excluding hydrogens is 196 g/mol. The highest BCUT2D eigenvalue weighted by Crippen LogP contribution is 2.20. The van der Waals surface area contributed by atoms with Gasteiger partial charge in [-0.1, -0.05) is 17.7 Å². The Balaban J connectivity index is 2.70. The second-order valence-corrected chi connectivity index (χ2v) is 3.17. The number of halogens is 3. The van der Waals surface area contributed by atoms with Crippen LogP contribution in [0.15, 0.2) is 18.2 Å². The molecule has 13 heavy (non-hydrogen) atoms. The van der Waals surface area contributed by atoms with Crippen molar-refractivity contribution >= 4 is 17.3 Å². The minimum Gasteiger partial charge on any atom is -0.379 e. The second-order valence-electron chi connectivity index (χ2n) is 2.73. The minimum absolute atomic E-state index is 0.346. The van der Waals surface area contributed by atoms with E-state index in [9.17, 15) is 8.78 Å². The lowest BCUT2D eigenvalue weighted by molar-refractivity contribution is 0.163. The molecule has 0 saturated carbocycles. The van der Waals surface area contributed by atoms with E-state index >= 15 is 0 Å². The summed E-state index contributed by atoms with van der Waals surface area (Å²) in [6.45, 7) is 1.49. The normalized spacial score (nSPS) is 10.5. The molecule has 0 atom stereocenters. The first-order chi connectivity index (χ1) is 6.09. The fourth-order valence-electron chi connectivity index (χ4n) is 0.972. The van der Waals surface area contributed by atoms with Crippen LogP contribution in [0.25, 0.3) is 0 Å². The van der Waals surface area contributed by atoms with Gasteiger partial charge in [0.05, 0.1) is 6.54 Å². The quantitative estimate of drug-likeness (QED) is 0.798. The Hall–Kier alpha value is -0.830. The summed E-state index contributed by atoms with van der Waals surface area (Å²) in [5.74, 6) is 0. The van der Waals surface area contributed by atoms with Crippen molar-refractivity contribution in [3.8, 4) is 0 Å². The number of aryl methyl sites for hydroxylation is 1. The van der Waals surface area contributed by atoms with E-state index in [1.807, 2.05) is 6.92 Å². The van der Waals surface area contributed by atoms with E-state index < -0.39 is 6.43 Å². The van der Waals surface area contributed by atoms with E-state index in [2.05, 4.69) is 5.32 Å². The predicted molar refractivity (Wildman–Crippen MR) is 50.7 cm³/mol. The highest BCUT2D eigenvalue weighted by molar-refractivity contribution is 6.30. The molecule has 1 aromatic rings. The zero-order valence-electron chi connectivity index (χ0n) is 7.15. The molecule has 0 aliphatic carbocycles. The molecule has 0 bridgehead atoms. The first kappa shape index (κ1) is 10.3. The zero-order chi connectivity index (χ0) is 9.84. The summed E-state index contributed by atoms with van der Waals surface area (Å²) in [7, 11) is 0. The van der Waals surface area contributed by atoms with Gasteiger partial charge in [-0.05, 0) is 24.6 Å². The van der Waals surface area contributed by atoms with Crippen molar-refractivity contribution in [1.29, 1.82) is 0 Å². The largest absolute Gasteiger partial charge is 0.379 e. The maximum absolute atomic E-state index is 11.9. The van der Waals surface area contributed by atoms with Gasteiger partial charge in [-0.3, -0.25) is 0 Å². The van der Waals surface area contributed by atoms with E-state index in [0.717, 1.165) is 5.56 Å². The van der Waals surface area contributed by atoms with Gasteiger partial charge >= 0.3 is 0 Å². The Morgan fingerprint density at radius 2 is 2.15 bits per heavy atom. The molecule has 1 aromatic carbocycles. The van der Waals surface area contributed by atoms with Gasteiger partial charge < -0.3 is 5.32 Å². The molecule has 1 rings (SSSR count). The number of benzene rings is 1. The Kier molecular flexibility index (Phi) is 3.48. The molecule has 0 amide bonds. The van der Waals surface area contributed by atoms with Crippen LogP contribution in [0.1, 0.15) is 5.56 Å². The number of alkyl halides is 2. The molecule has 0 unspecified atom stereocenters. The van der Waals surface area contributed by atoms with Crippen LogP contribution in [0.5, 0.6) is 0 Å². The molecule has 0 heterocycles. The maximum atomic E-state index is 11.9. The summed E-state index contributed by atoms with van der Waals surface area (Å²) >= 11 is 5.70. The summed E-state index contributed by atoms with van der Waals surface area (Å²) in [5, 5.41) is 3.16. The van der Waals surface area contributed by atoms with Crippen LogP contribution in [-0.2, 0) is 0 Å². The van der Waals surface area contributed by atoms with Crippen LogP contribution in [0.4, 0.5) is 14.5 Å². The lowest BCUT2D eigenvalue weighted by Gasteiger charge is -2.08. The molecule has 4 heteroatoms. The van der Waals surface area contributed by atoms with Crippen LogP contribution in [0.3, 0.4) is 0 Å². The summed E-state index contributed by atoms with van der Waals surface area (Å²) in [4.78, 5) is 0. The average Bonchev–Trinajstić information content (AvgIpc) is 2.06. The van der Waals surface area contributed by atoms with Crippen molar-refractivity contribution in [2.45, 2.75) is 13.3 Å². The Morgan fingerprint density at radius 1 is 1.46 bits per heavy atom. The van der Waals surface area contributed by atoms with E-state index in [1.165, 1.54) is 0 Å². The number of rotatable bonds is 3. The Labute approximate surface area is 80.7 Å². The summed E-state index contributed by atoms with van der Waals surface area (Å²) in [6, 6.07) is 5.15. The van der Waals surface area contributed by atoms with Crippen molar-refractivity contribution in [1.82, 2.24) is 0 Å². The van der Waals surface area contributed by atoms with Crippen LogP contribution < -0.4 is 5.32 Å². The van der Waals surface area contributed by atoms with E-state index in [-0.39, 0.29) is 6.54 Å². The van der Waals surface area contributed by atoms with Crippen molar-refractivity contribution in [3.05, 3.63) is 28.8 Å². The van der Waals surface area contributed by atoms with Crippen LogP contribution in [-0.4, -0.2) is 13.0 Å². The highest BCUT2D eigenvalue weighted by atomic mass is 35.5. The van der Waals surface area contributed by atoms with Crippen LogP contribution >= 0.6 is 11.6 Å². The molecule has 0 aliphatic rings. The molecule has 72 valence electrons.